The molecule has 27 heavy (non-hydrogen) atoms. The van der Waals surface area contributed by atoms with Crippen molar-refractivity contribution in [1.29, 1.82) is 0 Å². The predicted octanol–water partition coefficient (Wildman–Crippen LogP) is 5.30. The summed E-state index contributed by atoms with van der Waals surface area (Å²) in [6.07, 6.45) is 3.94. The molecule has 0 unspecified atom stereocenters. The molecular formula is C23H18FN3. The third kappa shape index (κ3) is 4.01. The van der Waals surface area contributed by atoms with Crippen LogP contribution in [0.1, 0.15) is 16.8 Å². The second-order valence-electron chi connectivity index (χ2n) is 6.22. The first-order valence-electron chi connectivity index (χ1n) is 8.76. The predicted molar refractivity (Wildman–Crippen MR) is 106 cm³/mol. The largest absolute Gasteiger partial charge is 0.240 e. The lowest BCUT2D eigenvalue weighted by molar-refractivity contribution is 0.628. The Balaban J connectivity index is 1.73. The van der Waals surface area contributed by atoms with Crippen LogP contribution in [0.25, 0.3) is 23.4 Å². The Hall–Kier alpha value is -3.53. The van der Waals surface area contributed by atoms with E-state index < -0.39 is 0 Å². The van der Waals surface area contributed by atoms with E-state index >= 15 is 0 Å². The van der Waals surface area contributed by atoms with E-state index in [9.17, 15) is 4.39 Å². The molecule has 4 heteroatoms. The van der Waals surface area contributed by atoms with Crippen LogP contribution in [0.2, 0.25) is 0 Å². The van der Waals surface area contributed by atoms with Crippen LogP contribution in [0.5, 0.6) is 0 Å². The third-order valence-corrected chi connectivity index (χ3v) is 4.30. The summed E-state index contributed by atoms with van der Waals surface area (Å²) in [4.78, 5) is 0. The van der Waals surface area contributed by atoms with Gasteiger partial charge in [0.25, 0.3) is 0 Å². The minimum absolute atomic E-state index is 0.243. The summed E-state index contributed by atoms with van der Waals surface area (Å²) in [5.74, 6) is -0.243. The first-order chi connectivity index (χ1) is 13.3. The Kier molecular flexibility index (Phi) is 4.88. The van der Waals surface area contributed by atoms with E-state index in [2.05, 4.69) is 22.4 Å². The molecule has 1 aromatic heterocycles. The van der Waals surface area contributed by atoms with E-state index in [1.165, 1.54) is 12.1 Å². The Morgan fingerprint density at radius 3 is 2.15 bits per heavy atom. The molecule has 4 rings (SSSR count). The van der Waals surface area contributed by atoms with Crippen molar-refractivity contribution in [3.63, 3.8) is 0 Å². The molecule has 0 bridgehead atoms. The van der Waals surface area contributed by atoms with Crippen molar-refractivity contribution in [2.24, 2.45) is 0 Å². The van der Waals surface area contributed by atoms with Gasteiger partial charge in [-0.1, -0.05) is 84.1 Å². The second-order valence-corrected chi connectivity index (χ2v) is 6.22. The lowest BCUT2D eigenvalue weighted by Gasteiger charge is -2.05. The first kappa shape index (κ1) is 16.9. The van der Waals surface area contributed by atoms with Crippen molar-refractivity contribution in [2.45, 2.75) is 6.54 Å². The highest BCUT2D eigenvalue weighted by Gasteiger charge is 2.12. The Morgan fingerprint density at radius 1 is 0.778 bits per heavy atom. The number of hydrogen-bond acceptors (Lipinski definition) is 2. The minimum Gasteiger partial charge on any atom is -0.240 e. The zero-order valence-corrected chi connectivity index (χ0v) is 14.7. The average Bonchev–Trinajstić information content (AvgIpc) is 3.11. The van der Waals surface area contributed by atoms with Gasteiger partial charge in [0.1, 0.15) is 11.5 Å². The maximum atomic E-state index is 13.1. The second kappa shape index (κ2) is 7.79. The summed E-state index contributed by atoms with van der Waals surface area (Å²) in [5, 5.41) is 8.78. The molecule has 3 nitrogen and oxygen atoms in total. The van der Waals surface area contributed by atoms with Gasteiger partial charge < -0.3 is 0 Å². The summed E-state index contributed by atoms with van der Waals surface area (Å²) in [6, 6.07) is 26.6. The summed E-state index contributed by atoms with van der Waals surface area (Å²) >= 11 is 0. The molecule has 1 heterocycles. The lowest BCUT2D eigenvalue weighted by Crippen LogP contribution is -2.04. The zero-order valence-electron chi connectivity index (χ0n) is 14.7. The van der Waals surface area contributed by atoms with E-state index in [-0.39, 0.29) is 5.82 Å². The van der Waals surface area contributed by atoms with E-state index in [1.54, 1.807) is 12.1 Å². The van der Waals surface area contributed by atoms with Crippen LogP contribution in [0.4, 0.5) is 4.39 Å². The van der Waals surface area contributed by atoms with Crippen LogP contribution < -0.4 is 0 Å². The number of benzene rings is 3. The lowest BCUT2D eigenvalue weighted by atomic mass is 10.1. The molecule has 0 spiro atoms. The molecule has 0 N–H and O–H groups in total. The van der Waals surface area contributed by atoms with Gasteiger partial charge in [-0.15, -0.1) is 5.10 Å². The fraction of sp³-hybridized carbons (Fsp3) is 0.0435. The minimum atomic E-state index is -0.243. The van der Waals surface area contributed by atoms with Gasteiger partial charge in [-0.2, -0.15) is 0 Å². The van der Waals surface area contributed by atoms with Gasteiger partial charge in [0.2, 0.25) is 0 Å². The van der Waals surface area contributed by atoms with Crippen LogP contribution in [-0.4, -0.2) is 15.0 Å². The molecule has 0 aliphatic heterocycles. The molecule has 0 atom stereocenters. The summed E-state index contributed by atoms with van der Waals surface area (Å²) in [7, 11) is 0. The maximum absolute atomic E-state index is 13.1. The molecular weight excluding hydrogens is 337 g/mol. The van der Waals surface area contributed by atoms with Crippen molar-refractivity contribution >= 4 is 12.2 Å². The molecule has 0 fully saturated rings. The van der Waals surface area contributed by atoms with Crippen molar-refractivity contribution in [1.82, 2.24) is 15.0 Å². The molecule has 0 saturated heterocycles. The van der Waals surface area contributed by atoms with E-state index in [0.29, 0.717) is 6.54 Å². The van der Waals surface area contributed by atoms with E-state index in [0.717, 1.165) is 28.1 Å². The molecule has 3 aromatic carbocycles. The van der Waals surface area contributed by atoms with Crippen LogP contribution >= 0.6 is 0 Å². The van der Waals surface area contributed by atoms with Crippen LogP contribution in [0.3, 0.4) is 0 Å². The molecule has 0 saturated carbocycles. The van der Waals surface area contributed by atoms with Crippen LogP contribution in [-0.2, 0) is 6.54 Å². The van der Waals surface area contributed by atoms with Gasteiger partial charge >= 0.3 is 0 Å². The van der Waals surface area contributed by atoms with Crippen molar-refractivity contribution in [3.05, 3.63) is 108 Å². The summed E-state index contributed by atoms with van der Waals surface area (Å²) in [6.45, 7) is 0.629. The number of nitrogens with zero attached hydrogens (tertiary/aromatic N) is 3. The number of aromatic nitrogens is 3. The van der Waals surface area contributed by atoms with E-state index in [1.807, 2.05) is 65.4 Å². The van der Waals surface area contributed by atoms with Crippen LogP contribution in [0, 0.1) is 5.82 Å². The van der Waals surface area contributed by atoms with Crippen LogP contribution in [0.15, 0.2) is 84.9 Å². The Bertz CT molecular complexity index is 1040. The standard InChI is InChI=1S/C23H18FN3/c24-21-14-11-18(12-15-21)13-16-22-23(20-9-5-2-6-10-20)25-26-27(22)17-19-7-3-1-4-8-19/h1-16H,17H2/b16-13+. The molecule has 132 valence electrons. The van der Waals surface area contributed by atoms with E-state index in [4.69, 9.17) is 0 Å². The van der Waals surface area contributed by atoms with Gasteiger partial charge in [0.15, 0.2) is 0 Å². The van der Waals surface area contributed by atoms with Crippen molar-refractivity contribution < 1.29 is 4.39 Å². The Labute approximate surface area is 157 Å². The molecule has 4 aromatic rings. The molecule has 0 radical (unpaired) electrons. The van der Waals surface area contributed by atoms with Gasteiger partial charge in [-0.05, 0) is 29.3 Å². The highest BCUT2D eigenvalue weighted by Crippen LogP contribution is 2.23. The molecule has 0 amide bonds. The first-order valence-corrected chi connectivity index (χ1v) is 8.76. The number of hydrogen-bond donors (Lipinski definition) is 0. The number of rotatable bonds is 5. The molecule has 0 aliphatic rings. The topological polar surface area (TPSA) is 30.7 Å². The summed E-state index contributed by atoms with van der Waals surface area (Å²) < 4.78 is 15.0. The number of halogens is 1. The average molecular weight is 355 g/mol. The smallest absolute Gasteiger partial charge is 0.123 e. The van der Waals surface area contributed by atoms with Gasteiger partial charge in [0, 0.05) is 5.56 Å². The quantitative estimate of drug-likeness (QED) is 0.486. The highest BCUT2D eigenvalue weighted by atomic mass is 19.1. The Morgan fingerprint density at radius 2 is 1.44 bits per heavy atom. The normalized spacial score (nSPS) is 11.1. The van der Waals surface area contributed by atoms with Gasteiger partial charge in [-0.25, -0.2) is 9.07 Å². The third-order valence-electron chi connectivity index (χ3n) is 4.30. The monoisotopic (exact) mass is 355 g/mol. The maximum Gasteiger partial charge on any atom is 0.123 e. The van der Waals surface area contributed by atoms with Gasteiger partial charge in [-0.3, -0.25) is 0 Å². The van der Waals surface area contributed by atoms with Crippen molar-refractivity contribution in [3.8, 4) is 11.3 Å². The van der Waals surface area contributed by atoms with Crippen molar-refractivity contribution in [2.75, 3.05) is 0 Å². The summed E-state index contributed by atoms with van der Waals surface area (Å²) in [5.41, 5.74) is 4.82. The zero-order chi connectivity index (χ0) is 18.5. The molecule has 0 aliphatic carbocycles. The highest BCUT2D eigenvalue weighted by molar-refractivity contribution is 5.76. The SMILES string of the molecule is Fc1ccc(/C=C/c2c(-c3ccccc3)nnn2Cc2ccccc2)cc1. The fourth-order valence-corrected chi connectivity index (χ4v) is 2.91. The fourth-order valence-electron chi connectivity index (χ4n) is 2.91. The van der Waals surface area contributed by atoms with Gasteiger partial charge in [0.05, 0.1) is 12.2 Å².